The van der Waals surface area contributed by atoms with E-state index in [1.807, 2.05) is 33.9 Å². The lowest BCUT2D eigenvalue weighted by atomic mass is 9.87. The highest BCUT2D eigenvalue weighted by atomic mass is 19.4. The van der Waals surface area contributed by atoms with E-state index < -0.39 is 71.7 Å². The molecular formula is C46H59F12N9O4. The van der Waals surface area contributed by atoms with Crippen LogP contribution in [0, 0.1) is 11.5 Å². The Labute approximate surface area is 403 Å². The molecule has 2 aliphatic heterocycles. The molecule has 2 amide bonds. The van der Waals surface area contributed by atoms with Crippen LogP contribution in [0.15, 0.2) is 36.4 Å². The van der Waals surface area contributed by atoms with Gasteiger partial charge in [0, 0.05) is 42.8 Å². The average Bonchev–Trinajstić information content (AvgIpc) is 3.82. The van der Waals surface area contributed by atoms with E-state index in [-0.39, 0.29) is 78.2 Å². The third-order valence-corrected chi connectivity index (χ3v) is 12.3. The molecule has 3 heterocycles. The number of likely N-dealkylation sites (tertiary alicyclic amines) is 2. The highest BCUT2D eigenvalue weighted by Gasteiger charge is 2.44. The zero-order valence-electron chi connectivity index (χ0n) is 40.4. The van der Waals surface area contributed by atoms with E-state index in [1.165, 1.54) is 4.90 Å². The van der Waals surface area contributed by atoms with E-state index >= 15 is 0 Å². The number of anilines is 1. The van der Waals surface area contributed by atoms with Crippen LogP contribution < -0.4 is 4.90 Å². The fourth-order valence-electron chi connectivity index (χ4n) is 9.08. The zero-order valence-corrected chi connectivity index (χ0v) is 40.4. The maximum atomic E-state index is 13.4. The number of ether oxygens (including phenoxy) is 2. The predicted octanol–water partition coefficient (Wildman–Crippen LogP) is 12.4. The van der Waals surface area contributed by atoms with Gasteiger partial charge < -0.3 is 29.1 Å². The van der Waals surface area contributed by atoms with Gasteiger partial charge in [-0.25, -0.2) is 9.59 Å². The van der Waals surface area contributed by atoms with Crippen molar-refractivity contribution in [3.63, 3.8) is 0 Å². The lowest BCUT2D eigenvalue weighted by Gasteiger charge is -2.47. The molecule has 2 aliphatic rings. The molecule has 1 aromatic heterocycles. The van der Waals surface area contributed by atoms with Gasteiger partial charge in [-0.15, -0.1) is 5.10 Å². The molecule has 25 heteroatoms. The number of piperidine rings is 2. The second-order valence-corrected chi connectivity index (χ2v) is 18.1. The molecule has 5 rings (SSSR count). The molecule has 13 nitrogen and oxygen atoms in total. The van der Waals surface area contributed by atoms with Crippen molar-refractivity contribution in [3.8, 4) is 6.19 Å². The molecule has 71 heavy (non-hydrogen) atoms. The number of halogens is 12. The highest BCUT2D eigenvalue weighted by molar-refractivity contribution is 5.69. The number of alkyl halides is 12. The van der Waals surface area contributed by atoms with Crippen molar-refractivity contribution in [2.45, 2.75) is 193 Å². The van der Waals surface area contributed by atoms with E-state index in [4.69, 9.17) is 9.47 Å². The summed E-state index contributed by atoms with van der Waals surface area (Å²) in [6.07, 6.45) is -15.7. The minimum Gasteiger partial charge on any atom is -0.447 e. The molecule has 6 atom stereocenters. The molecule has 396 valence electrons. The number of benzene rings is 2. The quantitative estimate of drug-likeness (QED) is 0.0998. The van der Waals surface area contributed by atoms with E-state index in [9.17, 15) is 67.5 Å². The van der Waals surface area contributed by atoms with Crippen molar-refractivity contribution in [3.05, 3.63) is 69.8 Å². The van der Waals surface area contributed by atoms with Crippen molar-refractivity contribution < 1.29 is 71.7 Å². The van der Waals surface area contributed by atoms with Crippen molar-refractivity contribution in [2.24, 2.45) is 0 Å². The summed E-state index contributed by atoms with van der Waals surface area (Å²) < 4.78 is 171. The first-order valence-corrected chi connectivity index (χ1v) is 23.2. The first-order valence-electron chi connectivity index (χ1n) is 23.2. The maximum absolute atomic E-state index is 13.4. The van der Waals surface area contributed by atoms with Gasteiger partial charge in [-0.1, -0.05) is 32.8 Å². The molecule has 0 spiro atoms. The lowest BCUT2D eigenvalue weighted by Crippen LogP contribution is -2.57. The van der Waals surface area contributed by atoms with Gasteiger partial charge in [-0.2, -0.15) is 63.2 Å². The Morgan fingerprint density at radius 2 is 0.958 bits per heavy atom. The first kappa shape index (κ1) is 57.9. The Kier molecular flexibility index (Phi) is 19.3. The van der Waals surface area contributed by atoms with Gasteiger partial charge in [-0.05, 0) is 132 Å². The lowest BCUT2D eigenvalue weighted by molar-refractivity contribution is -0.144. The molecule has 0 aliphatic carbocycles. The van der Waals surface area contributed by atoms with Crippen LogP contribution in [0.4, 0.5) is 68.2 Å². The number of hydrogen-bond donors (Lipinski definition) is 1. The van der Waals surface area contributed by atoms with Crippen LogP contribution in [-0.4, -0.2) is 96.0 Å². The summed E-state index contributed by atoms with van der Waals surface area (Å²) in [5.41, 5.74) is -6.08. The molecule has 3 aromatic rings. The third kappa shape index (κ3) is 15.4. The minimum absolute atomic E-state index is 0.0406. The number of hydrogen-bond acceptors (Lipinski definition) is 10. The number of carbonyl (C=O) groups excluding carboxylic acids is 2. The summed E-state index contributed by atoms with van der Waals surface area (Å²) in [5.74, 6) is 0.0406. The molecule has 2 fully saturated rings. The van der Waals surface area contributed by atoms with E-state index in [2.05, 4.69) is 20.6 Å². The molecule has 2 aromatic carbocycles. The molecule has 1 N–H and O–H groups in total. The van der Waals surface area contributed by atoms with Crippen LogP contribution >= 0.6 is 0 Å². The fraction of sp³-hybridized carbons (Fsp3) is 0.652. The number of carbonyl (C=O) groups is 2. The molecular weight excluding hydrogens is 971 g/mol. The Morgan fingerprint density at radius 3 is 1.24 bits per heavy atom. The number of nitriles is 1. The van der Waals surface area contributed by atoms with Crippen LogP contribution in [-0.2, 0) is 47.3 Å². The normalized spacial score (nSPS) is 21.1. The molecule has 2 unspecified atom stereocenters. The summed E-state index contributed by atoms with van der Waals surface area (Å²) >= 11 is 0. The number of rotatable bonds is 13. The Hall–Kier alpha value is -5.70. The molecule has 0 bridgehead atoms. The second kappa shape index (κ2) is 23.7. The van der Waals surface area contributed by atoms with E-state index in [1.54, 1.807) is 42.4 Å². The number of amides is 2. The minimum atomic E-state index is -4.96. The SMILES string of the molecule is CC[C@@H]1CC(N(C#N)Cc2cc(C(F)(F)F)cc(C(F)(F)F)c2)C[C@H](CC)N1C(=O)OC(C)C.CC[C@@H]1CC(N(Cc2cc(C(F)(F)F)cc(C(F)(F)F)c2)c2nn[nH]n2)C[C@H](CC)N1C(=O)OC(C)C. The van der Waals surface area contributed by atoms with Crippen LogP contribution in [0.2, 0.25) is 0 Å². The Bertz CT molecular complexity index is 2160. The van der Waals surface area contributed by atoms with Gasteiger partial charge >= 0.3 is 36.9 Å². The number of aromatic amines is 1. The number of aromatic nitrogens is 4. The van der Waals surface area contributed by atoms with Gasteiger partial charge in [0.1, 0.15) is 0 Å². The zero-order chi connectivity index (χ0) is 53.4. The van der Waals surface area contributed by atoms with Gasteiger partial charge in [0.15, 0.2) is 6.19 Å². The number of H-pyrrole nitrogens is 1. The second-order valence-electron chi connectivity index (χ2n) is 18.1. The van der Waals surface area contributed by atoms with Crippen LogP contribution in [0.1, 0.15) is 140 Å². The number of nitrogens with zero attached hydrogens (tertiary/aromatic N) is 8. The predicted molar refractivity (Wildman–Crippen MR) is 234 cm³/mol. The summed E-state index contributed by atoms with van der Waals surface area (Å²) in [7, 11) is 0. The van der Waals surface area contributed by atoms with Crippen molar-refractivity contribution >= 4 is 18.1 Å². The number of tetrazole rings is 1. The van der Waals surface area contributed by atoms with Gasteiger partial charge in [0.25, 0.3) is 5.95 Å². The summed E-state index contributed by atoms with van der Waals surface area (Å²) in [6.45, 7) is 13.8. The summed E-state index contributed by atoms with van der Waals surface area (Å²) in [4.78, 5) is 31.6. The highest BCUT2D eigenvalue weighted by Crippen LogP contribution is 2.40. The smallest absolute Gasteiger partial charge is 0.416 e. The average molecular weight is 1030 g/mol. The number of nitrogens with one attached hydrogen (secondary N) is 1. The first-order chi connectivity index (χ1) is 32.9. The molecule has 2 saturated heterocycles. The van der Waals surface area contributed by atoms with Crippen LogP contribution in [0.3, 0.4) is 0 Å². The van der Waals surface area contributed by atoms with Gasteiger partial charge in [0.05, 0.1) is 41.0 Å². The van der Waals surface area contributed by atoms with Gasteiger partial charge in [0.2, 0.25) is 0 Å². The largest absolute Gasteiger partial charge is 0.447 e. The van der Waals surface area contributed by atoms with Crippen LogP contribution in [0.5, 0.6) is 0 Å². The molecule has 0 saturated carbocycles. The van der Waals surface area contributed by atoms with Gasteiger partial charge in [-0.3, -0.25) is 0 Å². The van der Waals surface area contributed by atoms with E-state index in [0.717, 1.165) is 0 Å². The monoisotopic (exact) mass is 1030 g/mol. The van der Waals surface area contributed by atoms with Crippen molar-refractivity contribution in [2.75, 3.05) is 4.90 Å². The topological polar surface area (TPSA) is 144 Å². The standard InChI is InChI=1S/C23H30F6N6O2.C23H29F6N3O2/c1-5-17-10-19(11-18(6-2)35(17)21(36)37-13(3)4)34(20-30-32-33-31-20)12-14-7-15(22(24,25)26)9-16(8-14)23(27,28)29;1-5-18-10-20(11-19(6-2)32(18)21(33)34-14(3)4)31(13-30)12-15-7-16(22(24,25)26)9-17(8-15)23(27,28)29/h7-9,13,17-19H,5-6,10-12H2,1-4H3,(H,30,31,32,33);7-9,14,18-20H,5-6,10-12H2,1-4H3/t17-,18+,19?;18-,19+,20?. The van der Waals surface area contributed by atoms with E-state index in [0.29, 0.717) is 75.6 Å². The third-order valence-electron chi connectivity index (χ3n) is 12.3. The van der Waals surface area contributed by atoms with Crippen molar-refractivity contribution in [1.82, 2.24) is 35.3 Å². The Morgan fingerprint density at radius 1 is 0.620 bits per heavy atom. The van der Waals surface area contributed by atoms with Crippen LogP contribution in [0.25, 0.3) is 0 Å². The fourth-order valence-corrected chi connectivity index (χ4v) is 9.08. The van der Waals surface area contributed by atoms with Crippen molar-refractivity contribution in [1.29, 1.82) is 5.26 Å². The Balaban J connectivity index is 0.000000310. The molecule has 0 radical (unpaired) electrons. The maximum Gasteiger partial charge on any atom is 0.416 e. The summed E-state index contributed by atoms with van der Waals surface area (Å²) in [5, 5.41) is 23.5. The summed E-state index contributed by atoms with van der Waals surface area (Å²) in [6, 6.07) is 0.918.